The number of guanidine groups is 1. The third kappa shape index (κ3) is 8.01. The van der Waals surface area contributed by atoms with Crippen molar-refractivity contribution < 1.29 is 4.74 Å². The highest BCUT2D eigenvalue weighted by molar-refractivity contribution is 14.0. The lowest BCUT2D eigenvalue weighted by molar-refractivity contribution is 0.129. The van der Waals surface area contributed by atoms with Gasteiger partial charge in [0.05, 0.1) is 12.3 Å². The SMILES string of the molecule is CN=C(NCCCn1nc(C)cc1C)NCCOCC1CC1.I. The molecule has 0 atom stereocenters. The Balaban J connectivity index is 0.00000264. The third-order valence-corrected chi connectivity index (χ3v) is 3.76. The lowest BCUT2D eigenvalue weighted by Gasteiger charge is -2.12. The number of aliphatic imine (C=N–C) groups is 1. The summed E-state index contributed by atoms with van der Waals surface area (Å²) in [6.07, 6.45) is 3.69. The number of aromatic nitrogens is 2. The second kappa shape index (κ2) is 10.9. The summed E-state index contributed by atoms with van der Waals surface area (Å²) in [6, 6.07) is 2.11. The summed E-state index contributed by atoms with van der Waals surface area (Å²) in [5.74, 6) is 1.66. The number of ether oxygens (including phenoxy) is 1. The molecule has 132 valence electrons. The molecule has 2 N–H and O–H groups in total. The predicted molar refractivity (Wildman–Crippen MR) is 105 cm³/mol. The Morgan fingerprint density at radius 2 is 2.09 bits per heavy atom. The normalized spacial score (nSPS) is 14.5. The van der Waals surface area contributed by atoms with Crippen LogP contribution in [0.15, 0.2) is 11.1 Å². The average molecular weight is 435 g/mol. The van der Waals surface area contributed by atoms with Crippen molar-refractivity contribution in [1.29, 1.82) is 0 Å². The van der Waals surface area contributed by atoms with Crippen LogP contribution >= 0.6 is 24.0 Å². The Kier molecular flexibility index (Phi) is 9.54. The fraction of sp³-hybridized carbons (Fsp3) is 0.750. The van der Waals surface area contributed by atoms with Crippen molar-refractivity contribution >= 4 is 29.9 Å². The summed E-state index contributed by atoms with van der Waals surface area (Å²) in [7, 11) is 1.79. The van der Waals surface area contributed by atoms with E-state index in [0.717, 1.165) is 56.8 Å². The van der Waals surface area contributed by atoms with E-state index in [1.54, 1.807) is 7.05 Å². The molecule has 1 aromatic rings. The molecule has 23 heavy (non-hydrogen) atoms. The summed E-state index contributed by atoms with van der Waals surface area (Å²) >= 11 is 0. The van der Waals surface area contributed by atoms with Gasteiger partial charge >= 0.3 is 0 Å². The van der Waals surface area contributed by atoms with E-state index in [1.807, 2.05) is 6.92 Å². The van der Waals surface area contributed by atoms with Gasteiger partial charge in [-0.15, -0.1) is 24.0 Å². The molecule has 7 heteroatoms. The minimum absolute atomic E-state index is 0. The van der Waals surface area contributed by atoms with Gasteiger partial charge in [0.15, 0.2) is 5.96 Å². The lowest BCUT2D eigenvalue weighted by Crippen LogP contribution is -2.39. The molecule has 0 bridgehead atoms. The van der Waals surface area contributed by atoms with Crippen LogP contribution in [0.25, 0.3) is 0 Å². The number of halogens is 1. The van der Waals surface area contributed by atoms with Gasteiger partial charge in [-0.1, -0.05) is 0 Å². The third-order valence-electron chi connectivity index (χ3n) is 3.76. The molecule has 0 aromatic carbocycles. The Morgan fingerprint density at radius 3 is 2.70 bits per heavy atom. The van der Waals surface area contributed by atoms with Crippen molar-refractivity contribution in [2.75, 3.05) is 33.4 Å². The Morgan fingerprint density at radius 1 is 1.35 bits per heavy atom. The Labute approximate surface area is 156 Å². The van der Waals surface area contributed by atoms with E-state index in [-0.39, 0.29) is 24.0 Å². The van der Waals surface area contributed by atoms with Crippen LogP contribution in [0.2, 0.25) is 0 Å². The van der Waals surface area contributed by atoms with Crippen molar-refractivity contribution in [3.05, 3.63) is 17.5 Å². The Bertz CT molecular complexity index is 485. The predicted octanol–water partition coefficient (Wildman–Crippen LogP) is 2.10. The molecule has 1 heterocycles. The number of aryl methyl sites for hydroxylation is 3. The van der Waals surface area contributed by atoms with E-state index in [1.165, 1.54) is 18.5 Å². The largest absolute Gasteiger partial charge is 0.379 e. The maximum absolute atomic E-state index is 5.59. The van der Waals surface area contributed by atoms with E-state index in [0.29, 0.717) is 0 Å². The molecule has 1 saturated carbocycles. The number of rotatable bonds is 9. The van der Waals surface area contributed by atoms with Crippen molar-refractivity contribution in [3.8, 4) is 0 Å². The highest BCUT2D eigenvalue weighted by Crippen LogP contribution is 2.28. The average Bonchev–Trinajstić information content (AvgIpc) is 3.26. The van der Waals surface area contributed by atoms with Crippen LogP contribution < -0.4 is 10.6 Å². The monoisotopic (exact) mass is 435 g/mol. The molecule has 1 aliphatic rings. The number of hydrogen-bond acceptors (Lipinski definition) is 3. The first kappa shape index (κ1) is 20.2. The van der Waals surface area contributed by atoms with Crippen molar-refractivity contribution in [3.63, 3.8) is 0 Å². The van der Waals surface area contributed by atoms with Gasteiger partial charge in [0.25, 0.3) is 0 Å². The minimum atomic E-state index is 0. The van der Waals surface area contributed by atoms with E-state index < -0.39 is 0 Å². The first-order valence-electron chi connectivity index (χ1n) is 8.22. The van der Waals surface area contributed by atoms with Crippen LogP contribution in [0, 0.1) is 19.8 Å². The van der Waals surface area contributed by atoms with Gasteiger partial charge in [-0.05, 0) is 45.1 Å². The van der Waals surface area contributed by atoms with Crippen LogP contribution in [0.4, 0.5) is 0 Å². The van der Waals surface area contributed by atoms with Crippen LogP contribution in [0.1, 0.15) is 30.7 Å². The van der Waals surface area contributed by atoms with Gasteiger partial charge in [-0.25, -0.2) is 0 Å². The molecule has 1 aromatic heterocycles. The van der Waals surface area contributed by atoms with Crippen molar-refractivity contribution in [1.82, 2.24) is 20.4 Å². The summed E-state index contributed by atoms with van der Waals surface area (Å²) in [4.78, 5) is 4.22. The van der Waals surface area contributed by atoms with Crippen molar-refractivity contribution in [2.45, 2.75) is 39.7 Å². The smallest absolute Gasteiger partial charge is 0.191 e. The number of nitrogens with one attached hydrogen (secondary N) is 2. The molecule has 0 saturated heterocycles. The second-order valence-electron chi connectivity index (χ2n) is 5.95. The molecular formula is C16H30IN5O. The molecular weight excluding hydrogens is 405 g/mol. The highest BCUT2D eigenvalue weighted by atomic mass is 127. The summed E-state index contributed by atoms with van der Waals surface area (Å²) in [6.45, 7) is 8.37. The maximum Gasteiger partial charge on any atom is 0.191 e. The topological polar surface area (TPSA) is 63.5 Å². The van der Waals surface area contributed by atoms with Gasteiger partial charge < -0.3 is 15.4 Å². The zero-order valence-electron chi connectivity index (χ0n) is 14.5. The number of hydrogen-bond donors (Lipinski definition) is 2. The fourth-order valence-corrected chi connectivity index (χ4v) is 2.33. The lowest BCUT2D eigenvalue weighted by atomic mass is 10.4. The van der Waals surface area contributed by atoms with Gasteiger partial charge in [0.1, 0.15) is 0 Å². The van der Waals surface area contributed by atoms with Crippen LogP contribution in [-0.2, 0) is 11.3 Å². The van der Waals surface area contributed by atoms with E-state index in [2.05, 4.69) is 38.4 Å². The molecule has 0 spiro atoms. The Hall–Kier alpha value is -0.830. The quantitative estimate of drug-likeness (QED) is 0.270. The van der Waals surface area contributed by atoms with Crippen LogP contribution in [0.3, 0.4) is 0 Å². The molecule has 1 aliphatic carbocycles. The van der Waals surface area contributed by atoms with E-state index >= 15 is 0 Å². The summed E-state index contributed by atoms with van der Waals surface area (Å²) in [5, 5.41) is 11.1. The van der Waals surface area contributed by atoms with Crippen LogP contribution in [0.5, 0.6) is 0 Å². The van der Waals surface area contributed by atoms with Crippen molar-refractivity contribution in [2.24, 2.45) is 10.9 Å². The molecule has 0 unspecified atom stereocenters. The molecule has 1 fully saturated rings. The minimum Gasteiger partial charge on any atom is -0.379 e. The summed E-state index contributed by atoms with van der Waals surface area (Å²) in [5.41, 5.74) is 2.29. The zero-order chi connectivity index (χ0) is 15.8. The first-order valence-corrected chi connectivity index (χ1v) is 8.22. The van der Waals surface area contributed by atoms with Crippen LogP contribution in [-0.4, -0.2) is 49.1 Å². The highest BCUT2D eigenvalue weighted by Gasteiger charge is 2.20. The van der Waals surface area contributed by atoms with E-state index in [4.69, 9.17) is 4.74 Å². The molecule has 2 rings (SSSR count). The van der Waals surface area contributed by atoms with Gasteiger partial charge in [-0.2, -0.15) is 5.10 Å². The van der Waals surface area contributed by atoms with E-state index in [9.17, 15) is 0 Å². The second-order valence-corrected chi connectivity index (χ2v) is 5.95. The maximum atomic E-state index is 5.59. The summed E-state index contributed by atoms with van der Waals surface area (Å²) < 4.78 is 7.65. The molecule has 6 nitrogen and oxygen atoms in total. The molecule has 0 radical (unpaired) electrons. The molecule has 0 aliphatic heterocycles. The number of nitrogens with zero attached hydrogens (tertiary/aromatic N) is 3. The molecule has 0 amide bonds. The fourth-order valence-electron chi connectivity index (χ4n) is 2.33. The standard InChI is InChI=1S/C16H29N5O.HI/c1-13-11-14(2)21(20-13)9-4-7-18-16(17-3)19-8-10-22-12-15-5-6-15;/h11,15H,4-10,12H2,1-3H3,(H2,17,18,19);1H. The zero-order valence-corrected chi connectivity index (χ0v) is 16.8. The van der Waals surface area contributed by atoms with Gasteiger partial charge in [-0.3, -0.25) is 9.67 Å². The van der Waals surface area contributed by atoms with Gasteiger partial charge in [0, 0.05) is 39.0 Å². The first-order chi connectivity index (χ1) is 10.7. The van der Waals surface area contributed by atoms with Gasteiger partial charge in [0.2, 0.25) is 0 Å².